The summed E-state index contributed by atoms with van der Waals surface area (Å²) in [6.07, 6.45) is 1.45. The minimum atomic E-state index is -0.639. The van der Waals surface area contributed by atoms with E-state index in [9.17, 15) is 4.39 Å². The molecule has 0 aliphatic carbocycles. The van der Waals surface area contributed by atoms with Crippen LogP contribution in [0.15, 0.2) is 24.4 Å². The van der Waals surface area contributed by atoms with Crippen molar-refractivity contribution in [2.75, 3.05) is 0 Å². The molecule has 6 heteroatoms. The minimum absolute atomic E-state index is 0.333. The lowest BCUT2D eigenvalue weighted by atomic mass is 9.96. The van der Waals surface area contributed by atoms with Crippen molar-refractivity contribution in [1.82, 2.24) is 10.4 Å². The van der Waals surface area contributed by atoms with Gasteiger partial charge in [0.25, 0.3) is 0 Å². The molecule has 0 aliphatic rings. The normalized spacial score (nSPS) is 12.5. The Morgan fingerprint density at radius 1 is 1.25 bits per heavy atom. The number of hydrogen-bond donors (Lipinski definition) is 2. The predicted molar refractivity (Wildman–Crippen MR) is 79.3 cm³/mol. The molecule has 0 aliphatic heterocycles. The molecular formula is C14H14Cl2FN3. The molecule has 0 fully saturated rings. The maximum atomic E-state index is 14.3. The average molecular weight is 314 g/mol. The lowest BCUT2D eigenvalue weighted by Crippen LogP contribution is -2.31. The van der Waals surface area contributed by atoms with Crippen molar-refractivity contribution in [3.63, 3.8) is 0 Å². The van der Waals surface area contributed by atoms with Crippen molar-refractivity contribution in [1.29, 1.82) is 0 Å². The van der Waals surface area contributed by atoms with Gasteiger partial charge in [-0.15, -0.1) is 0 Å². The summed E-state index contributed by atoms with van der Waals surface area (Å²) in [5.41, 5.74) is 5.04. The predicted octanol–water partition coefficient (Wildman–Crippen LogP) is 3.70. The second kappa shape index (κ2) is 6.06. The SMILES string of the molecule is Cc1cc(C)c(C(NN)c2ncc(Cl)cc2Cl)c(F)c1. The summed E-state index contributed by atoms with van der Waals surface area (Å²) in [5.74, 6) is 5.22. The van der Waals surface area contributed by atoms with Gasteiger partial charge in [0.2, 0.25) is 0 Å². The molecule has 0 saturated heterocycles. The summed E-state index contributed by atoms with van der Waals surface area (Å²) < 4.78 is 14.3. The number of nitrogens with one attached hydrogen (secondary N) is 1. The molecule has 20 heavy (non-hydrogen) atoms. The molecule has 3 nitrogen and oxygen atoms in total. The van der Waals surface area contributed by atoms with Gasteiger partial charge in [-0.1, -0.05) is 29.3 Å². The van der Waals surface area contributed by atoms with E-state index in [0.717, 1.165) is 11.1 Å². The Labute approximate surface area is 126 Å². The maximum absolute atomic E-state index is 14.3. The van der Waals surface area contributed by atoms with Gasteiger partial charge in [-0.2, -0.15) is 0 Å². The van der Waals surface area contributed by atoms with Gasteiger partial charge in [-0.25, -0.2) is 9.82 Å². The fourth-order valence-electron chi connectivity index (χ4n) is 2.23. The minimum Gasteiger partial charge on any atom is -0.271 e. The number of hydrogen-bond acceptors (Lipinski definition) is 3. The van der Waals surface area contributed by atoms with Crippen LogP contribution < -0.4 is 11.3 Å². The highest BCUT2D eigenvalue weighted by Crippen LogP contribution is 2.31. The standard InChI is InChI=1S/C14H14Cl2FN3/c1-7-3-8(2)12(11(17)4-7)14(20-18)13-10(16)5-9(15)6-19-13/h3-6,14,20H,18H2,1-2H3. The molecule has 0 amide bonds. The summed E-state index contributed by atoms with van der Waals surface area (Å²) in [4.78, 5) is 4.16. The first kappa shape index (κ1) is 15.2. The average Bonchev–Trinajstić information content (AvgIpc) is 2.34. The second-order valence-corrected chi connectivity index (χ2v) is 5.44. The van der Waals surface area contributed by atoms with Crippen molar-refractivity contribution in [2.24, 2.45) is 5.84 Å². The van der Waals surface area contributed by atoms with Crippen LogP contribution in [0.25, 0.3) is 0 Å². The number of pyridine rings is 1. The molecule has 106 valence electrons. The summed E-state index contributed by atoms with van der Waals surface area (Å²) in [6.45, 7) is 3.65. The van der Waals surface area contributed by atoms with Crippen LogP contribution >= 0.6 is 23.2 Å². The molecule has 1 atom stereocenters. The Bertz CT molecular complexity index is 623. The van der Waals surface area contributed by atoms with Crippen LogP contribution in [0.3, 0.4) is 0 Å². The third-order valence-corrected chi connectivity index (χ3v) is 3.56. The van der Waals surface area contributed by atoms with Gasteiger partial charge in [-0.3, -0.25) is 10.8 Å². The Balaban J connectivity index is 2.58. The molecule has 2 aromatic rings. The zero-order valence-electron chi connectivity index (χ0n) is 11.0. The first-order valence-electron chi connectivity index (χ1n) is 5.97. The first-order valence-corrected chi connectivity index (χ1v) is 6.73. The maximum Gasteiger partial charge on any atom is 0.128 e. The highest BCUT2D eigenvalue weighted by molar-refractivity contribution is 6.34. The van der Waals surface area contributed by atoms with E-state index >= 15 is 0 Å². The van der Waals surface area contributed by atoms with E-state index in [4.69, 9.17) is 29.0 Å². The van der Waals surface area contributed by atoms with Crippen molar-refractivity contribution >= 4 is 23.2 Å². The van der Waals surface area contributed by atoms with E-state index < -0.39 is 6.04 Å². The zero-order chi connectivity index (χ0) is 14.9. The Kier molecular flexibility index (Phi) is 4.60. The van der Waals surface area contributed by atoms with Crippen LogP contribution in [-0.4, -0.2) is 4.98 Å². The van der Waals surface area contributed by atoms with Crippen LogP contribution in [0.5, 0.6) is 0 Å². The van der Waals surface area contributed by atoms with E-state index in [1.54, 1.807) is 6.07 Å². The van der Waals surface area contributed by atoms with E-state index in [2.05, 4.69) is 10.4 Å². The summed E-state index contributed by atoms with van der Waals surface area (Å²) in [5, 5.41) is 0.746. The second-order valence-electron chi connectivity index (χ2n) is 4.60. The van der Waals surface area contributed by atoms with Gasteiger partial charge in [0.15, 0.2) is 0 Å². The van der Waals surface area contributed by atoms with Crippen LogP contribution in [-0.2, 0) is 0 Å². The fourth-order valence-corrected chi connectivity index (χ4v) is 2.72. The van der Waals surface area contributed by atoms with Crippen molar-refractivity contribution in [3.05, 3.63) is 62.6 Å². The third kappa shape index (κ3) is 2.94. The van der Waals surface area contributed by atoms with Crippen molar-refractivity contribution in [2.45, 2.75) is 19.9 Å². The highest BCUT2D eigenvalue weighted by Gasteiger charge is 2.23. The molecule has 3 N–H and O–H groups in total. The zero-order valence-corrected chi connectivity index (χ0v) is 12.6. The number of benzene rings is 1. The smallest absolute Gasteiger partial charge is 0.128 e. The van der Waals surface area contributed by atoms with Gasteiger partial charge in [0.05, 0.1) is 21.8 Å². The largest absolute Gasteiger partial charge is 0.271 e. The Hall–Kier alpha value is -1.20. The molecule has 1 aromatic heterocycles. The summed E-state index contributed by atoms with van der Waals surface area (Å²) in [7, 11) is 0. The molecule has 0 spiro atoms. The van der Waals surface area contributed by atoms with Crippen LogP contribution in [0.2, 0.25) is 10.0 Å². The molecule has 0 radical (unpaired) electrons. The van der Waals surface area contributed by atoms with Gasteiger partial charge >= 0.3 is 0 Å². The number of rotatable bonds is 3. The van der Waals surface area contributed by atoms with Crippen molar-refractivity contribution in [3.8, 4) is 0 Å². The highest BCUT2D eigenvalue weighted by atomic mass is 35.5. The van der Waals surface area contributed by atoms with E-state index in [0.29, 0.717) is 21.3 Å². The van der Waals surface area contributed by atoms with Gasteiger partial charge in [0, 0.05) is 11.8 Å². The molecule has 1 unspecified atom stereocenters. The molecule has 1 aromatic carbocycles. The first-order chi connectivity index (χ1) is 9.43. The Morgan fingerprint density at radius 2 is 1.95 bits per heavy atom. The van der Waals surface area contributed by atoms with Crippen LogP contribution in [0.4, 0.5) is 4.39 Å². The molecule has 2 rings (SSSR count). The molecule has 0 saturated carbocycles. The number of aryl methyl sites for hydroxylation is 2. The third-order valence-electron chi connectivity index (χ3n) is 3.05. The van der Waals surface area contributed by atoms with E-state index in [-0.39, 0.29) is 5.82 Å². The topological polar surface area (TPSA) is 50.9 Å². The monoisotopic (exact) mass is 313 g/mol. The van der Waals surface area contributed by atoms with Crippen LogP contribution in [0.1, 0.15) is 28.4 Å². The van der Waals surface area contributed by atoms with Gasteiger partial charge < -0.3 is 0 Å². The number of hydrazine groups is 1. The number of halogens is 3. The molecule has 1 heterocycles. The van der Waals surface area contributed by atoms with Crippen LogP contribution in [0, 0.1) is 19.7 Å². The van der Waals surface area contributed by atoms with Gasteiger partial charge in [0.1, 0.15) is 5.82 Å². The molecular weight excluding hydrogens is 300 g/mol. The van der Waals surface area contributed by atoms with Gasteiger partial charge in [-0.05, 0) is 37.1 Å². The van der Waals surface area contributed by atoms with E-state index in [1.807, 2.05) is 19.9 Å². The quantitative estimate of drug-likeness (QED) is 0.671. The lowest BCUT2D eigenvalue weighted by Gasteiger charge is -2.20. The molecule has 0 bridgehead atoms. The van der Waals surface area contributed by atoms with E-state index in [1.165, 1.54) is 12.3 Å². The fraction of sp³-hybridized carbons (Fsp3) is 0.214. The number of aromatic nitrogens is 1. The Morgan fingerprint density at radius 3 is 2.50 bits per heavy atom. The summed E-state index contributed by atoms with van der Waals surface area (Å²) in [6, 6.07) is 4.25. The summed E-state index contributed by atoms with van der Waals surface area (Å²) >= 11 is 11.9. The van der Waals surface area contributed by atoms with Crippen molar-refractivity contribution < 1.29 is 4.39 Å². The lowest BCUT2D eigenvalue weighted by molar-refractivity contribution is 0.549. The number of nitrogens with zero attached hydrogens (tertiary/aromatic N) is 1. The number of nitrogens with two attached hydrogens (primary N) is 1.